The number of unbranched alkanes of at least 4 members (excludes halogenated alkanes) is 1. The molecule has 96 valence electrons. The molecule has 0 atom stereocenters. The van der Waals surface area contributed by atoms with E-state index in [2.05, 4.69) is 12.2 Å². The Kier molecular flexibility index (Phi) is 7.45. The van der Waals surface area contributed by atoms with Gasteiger partial charge in [0.05, 0.1) is 6.61 Å². The van der Waals surface area contributed by atoms with Crippen LogP contribution in [0.5, 0.6) is 5.75 Å². The van der Waals surface area contributed by atoms with Gasteiger partial charge in [0.25, 0.3) is 0 Å². The maximum atomic E-state index is 10.7. The third-order valence-corrected chi connectivity index (χ3v) is 2.11. The summed E-state index contributed by atoms with van der Waals surface area (Å²) in [5.41, 5.74) is 0.774. The minimum absolute atomic E-state index is 0. The highest BCUT2D eigenvalue weighted by molar-refractivity contribution is 5.26. The van der Waals surface area contributed by atoms with E-state index in [1.807, 2.05) is 0 Å². The molecule has 17 heavy (non-hydrogen) atoms. The van der Waals surface area contributed by atoms with Gasteiger partial charge in [-0.3, -0.25) is 0 Å². The lowest BCUT2D eigenvalue weighted by Gasteiger charge is -2.05. The predicted molar refractivity (Wildman–Crippen MR) is 63.4 cm³/mol. The van der Waals surface area contributed by atoms with Crippen molar-refractivity contribution in [2.24, 2.45) is 5.28 Å². The lowest BCUT2D eigenvalue weighted by molar-refractivity contribution is -0.570. The van der Waals surface area contributed by atoms with Gasteiger partial charge in [-0.25, -0.2) is 0 Å². The topological polar surface area (TPSA) is 103 Å². The van der Waals surface area contributed by atoms with E-state index >= 15 is 0 Å². The SMILES string of the molecule is CCCCOc1ccc(C[N+]([O-])=NO)cc1.N. The first kappa shape index (κ1) is 15.2. The average Bonchev–Trinajstić information content (AvgIpc) is 2.31. The van der Waals surface area contributed by atoms with Gasteiger partial charge in [-0.15, -0.1) is 0 Å². The Hall–Kier alpha value is -1.82. The zero-order valence-corrected chi connectivity index (χ0v) is 10.0. The first-order valence-electron chi connectivity index (χ1n) is 5.27. The molecule has 1 aromatic rings. The summed E-state index contributed by atoms with van der Waals surface area (Å²) in [4.78, 5) is 0.215. The molecule has 0 fully saturated rings. The van der Waals surface area contributed by atoms with Crippen molar-refractivity contribution < 1.29 is 14.8 Å². The number of hydroxylamine groups is 1. The van der Waals surface area contributed by atoms with Crippen LogP contribution in [0.25, 0.3) is 0 Å². The summed E-state index contributed by atoms with van der Waals surface area (Å²) in [6, 6.07) is 7.15. The van der Waals surface area contributed by atoms with Crippen molar-refractivity contribution in [3.8, 4) is 5.75 Å². The van der Waals surface area contributed by atoms with Crippen LogP contribution in [-0.2, 0) is 6.54 Å². The maximum Gasteiger partial charge on any atom is 0.209 e. The van der Waals surface area contributed by atoms with Crippen molar-refractivity contribution in [2.45, 2.75) is 26.3 Å². The standard InChI is InChI=1S/C11H16N2O3.H3N/c1-2-3-8-16-11-6-4-10(5-7-11)9-13(15)12-14;/h4-7,14H,2-3,8-9H2,1H3;1H3. The van der Waals surface area contributed by atoms with Gasteiger partial charge in [0.2, 0.25) is 6.54 Å². The molecule has 6 nitrogen and oxygen atoms in total. The smallest absolute Gasteiger partial charge is 0.209 e. The molecular formula is C11H19N3O3. The second-order valence-electron chi connectivity index (χ2n) is 3.45. The van der Waals surface area contributed by atoms with Gasteiger partial charge in [0, 0.05) is 5.56 Å². The third kappa shape index (κ3) is 5.72. The Morgan fingerprint density at radius 1 is 1.35 bits per heavy atom. The lowest BCUT2D eigenvalue weighted by atomic mass is 10.2. The highest BCUT2D eigenvalue weighted by Gasteiger charge is 2.00. The van der Waals surface area contributed by atoms with Crippen molar-refractivity contribution in [3.05, 3.63) is 35.0 Å². The van der Waals surface area contributed by atoms with E-state index < -0.39 is 0 Å². The van der Waals surface area contributed by atoms with Crippen molar-refractivity contribution in [3.63, 3.8) is 0 Å². The zero-order chi connectivity index (χ0) is 11.8. The molecule has 0 aliphatic heterocycles. The normalized spacial score (nSPS) is 10.8. The fourth-order valence-corrected chi connectivity index (χ4v) is 1.21. The summed E-state index contributed by atoms with van der Waals surface area (Å²) in [5, 5.41) is 21.5. The Labute approximate surface area is 101 Å². The highest BCUT2D eigenvalue weighted by Crippen LogP contribution is 2.13. The van der Waals surface area contributed by atoms with Crippen LogP contribution >= 0.6 is 0 Å². The molecule has 0 aromatic heterocycles. The fraction of sp³-hybridized carbons (Fsp3) is 0.455. The summed E-state index contributed by atoms with van der Waals surface area (Å²) in [6.45, 7) is 2.84. The number of benzene rings is 1. The molecule has 0 heterocycles. The molecule has 1 aromatic carbocycles. The Morgan fingerprint density at radius 2 is 2.00 bits per heavy atom. The number of ether oxygens (including phenoxy) is 1. The van der Waals surface area contributed by atoms with Gasteiger partial charge in [0.15, 0.2) is 5.28 Å². The molecule has 6 heteroatoms. The molecule has 0 saturated heterocycles. The van der Waals surface area contributed by atoms with E-state index in [4.69, 9.17) is 9.94 Å². The first-order valence-corrected chi connectivity index (χ1v) is 5.27. The van der Waals surface area contributed by atoms with Crippen LogP contribution in [0.3, 0.4) is 0 Å². The maximum absolute atomic E-state index is 10.7. The van der Waals surface area contributed by atoms with Crippen molar-refractivity contribution in [1.29, 1.82) is 0 Å². The first-order chi connectivity index (χ1) is 7.76. The van der Waals surface area contributed by atoms with E-state index in [1.54, 1.807) is 24.3 Å². The number of rotatable bonds is 6. The second kappa shape index (κ2) is 8.35. The Bertz CT molecular complexity index is 338. The molecule has 0 aliphatic carbocycles. The summed E-state index contributed by atoms with van der Waals surface area (Å²) in [7, 11) is 0. The molecule has 0 aliphatic rings. The summed E-state index contributed by atoms with van der Waals surface area (Å²) in [6.07, 6.45) is 2.13. The molecule has 0 amide bonds. The molecule has 1 rings (SSSR count). The van der Waals surface area contributed by atoms with Crippen molar-refractivity contribution >= 4 is 0 Å². The number of hydrogen-bond acceptors (Lipinski definition) is 4. The van der Waals surface area contributed by atoms with E-state index in [0.29, 0.717) is 6.61 Å². The van der Waals surface area contributed by atoms with Crippen LogP contribution in [0.15, 0.2) is 29.5 Å². The van der Waals surface area contributed by atoms with Gasteiger partial charge in [0.1, 0.15) is 5.75 Å². The van der Waals surface area contributed by atoms with E-state index in [9.17, 15) is 5.21 Å². The Morgan fingerprint density at radius 3 is 2.53 bits per heavy atom. The average molecular weight is 241 g/mol. The summed E-state index contributed by atoms with van der Waals surface area (Å²) >= 11 is 0. The van der Waals surface area contributed by atoms with Crippen molar-refractivity contribution in [1.82, 2.24) is 6.15 Å². The van der Waals surface area contributed by atoms with Crippen LogP contribution < -0.4 is 10.9 Å². The minimum atomic E-state index is 0. The van der Waals surface area contributed by atoms with E-state index in [1.165, 1.54) is 0 Å². The fourth-order valence-electron chi connectivity index (χ4n) is 1.21. The zero-order valence-electron chi connectivity index (χ0n) is 10.0. The van der Waals surface area contributed by atoms with Gasteiger partial charge in [-0.2, -0.15) is 0 Å². The molecule has 0 radical (unpaired) electrons. The number of nitrogens with zero attached hydrogens (tertiary/aromatic N) is 2. The van der Waals surface area contributed by atoms with Gasteiger partial charge in [-0.1, -0.05) is 18.2 Å². The lowest BCUT2D eigenvalue weighted by Crippen LogP contribution is -2.00. The molecule has 0 unspecified atom stereocenters. The van der Waals surface area contributed by atoms with E-state index in [0.717, 1.165) is 24.2 Å². The van der Waals surface area contributed by atoms with Crippen LogP contribution in [0.4, 0.5) is 0 Å². The van der Waals surface area contributed by atoms with Crippen molar-refractivity contribution in [2.75, 3.05) is 6.61 Å². The second-order valence-corrected chi connectivity index (χ2v) is 3.45. The molecule has 0 spiro atoms. The van der Waals surface area contributed by atoms with E-state index in [-0.39, 0.29) is 17.6 Å². The number of hydrogen-bond donors (Lipinski definition) is 2. The van der Waals surface area contributed by atoms with Gasteiger partial charge < -0.3 is 21.3 Å². The predicted octanol–water partition coefficient (Wildman–Crippen LogP) is 2.88. The monoisotopic (exact) mass is 241 g/mol. The molecule has 0 bridgehead atoms. The highest BCUT2D eigenvalue weighted by atomic mass is 16.6. The summed E-state index contributed by atoms with van der Waals surface area (Å²) < 4.78 is 5.47. The van der Waals surface area contributed by atoms with Crippen LogP contribution in [0, 0.1) is 5.21 Å². The van der Waals surface area contributed by atoms with Crippen LogP contribution in [-0.4, -0.2) is 16.7 Å². The van der Waals surface area contributed by atoms with Gasteiger partial charge in [-0.05, 0) is 30.7 Å². The third-order valence-electron chi connectivity index (χ3n) is 2.11. The molecule has 0 saturated carbocycles. The minimum Gasteiger partial charge on any atom is -0.597 e. The quantitative estimate of drug-likeness (QED) is 0.346. The van der Waals surface area contributed by atoms with Crippen LogP contribution in [0.1, 0.15) is 25.3 Å². The van der Waals surface area contributed by atoms with Crippen LogP contribution in [0.2, 0.25) is 0 Å². The Balaban J connectivity index is 0.00000256. The largest absolute Gasteiger partial charge is 0.597 e. The molecular weight excluding hydrogens is 222 g/mol. The van der Waals surface area contributed by atoms with Gasteiger partial charge >= 0.3 is 0 Å². The summed E-state index contributed by atoms with van der Waals surface area (Å²) in [5.74, 6) is 0.788. The molecule has 4 N–H and O–H groups in total.